The van der Waals surface area contributed by atoms with Gasteiger partial charge in [-0.3, -0.25) is 0 Å². The zero-order chi connectivity index (χ0) is 21.3. The summed E-state index contributed by atoms with van der Waals surface area (Å²) in [7, 11) is 1.57. The summed E-state index contributed by atoms with van der Waals surface area (Å²) in [5.41, 5.74) is 5.88. The number of phenols is 1. The van der Waals surface area contributed by atoms with E-state index in [1.54, 1.807) is 7.05 Å². The lowest BCUT2D eigenvalue weighted by atomic mass is 9.78. The van der Waals surface area contributed by atoms with Crippen molar-refractivity contribution in [3.8, 4) is 5.75 Å². The van der Waals surface area contributed by atoms with E-state index < -0.39 is 4.92 Å². The van der Waals surface area contributed by atoms with Crippen LogP contribution in [0.4, 0.5) is 5.95 Å². The fourth-order valence-corrected chi connectivity index (χ4v) is 2.89. The molecular formula is C20H29N5O3. The van der Waals surface area contributed by atoms with Gasteiger partial charge in [-0.05, 0) is 44.6 Å². The van der Waals surface area contributed by atoms with Crippen molar-refractivity contribution in [1.82, 2.24) is 15.0 Å². The molecule has 0 bridgehead atoms. The third kappa shape index (κ3) is 4.68. The van der Waals surface area contributed by atoms with Crippen molar-refractivity contribution in [1.29, 1.82) is 0 Å². The van der Waals surface area contributed by atoms with Gasteiger partial charge in [-0.1, -0.05) is 46.5 Å². The molecule has 0 aliphatic carbocycles. The molecule has 0 atom stereocenters. The first-order valence-corrected chi connectivity index (χ1v) is 9.11. The Hall–Kier alpha value is -2.90. The van der Waals surface area contributed by atoms with Gasteiger partial charge in [0.05, 0.1) is 19.8 Å². The SMILES string of the molecule is Cn1c(/C=N/NCc2cc(C(C)(C)C)c(O)c(C(C)(C)C)c2)cnc1[N+](=O)[O-]. The van der Waals surface area contributed by atoms with Gasteiger partial charge >= 0.3 is 5.95 Å². The lowest BCUT2D eigenvalue weighted by Crippen LogP contribution is -2.19. The molecule has 0 amide bonds. The second-order valence-corrected chi connectivity index (χ2v) is 8.93. The first-order chi connectivity index (χ1) is 12.8. The van der Waals surface area contributed by atoms with E-state index in [4.69, 9.17) is 0 Å². The third-order valence-corrected chi connectivity index (χ3v) is 4.52. The summed E-state index contributed by atoms with van der Waals surface area (Å²) in [6, 6.07) is 3.98. The summed E-state index contributed by atoms with van der Waals surface area (Å²) in [6.45, 7) is 12.9. The summed E-state index contributed by atoms with van der Waals surface area (Å²) in [5, 5.41) is 25.8. The van der Waals surface area contributed by atoms with E-state index in [2.05, 4.69) is 57.1 Å². The van der Waals surface area contributed by atoms with Gasteiger partial charge < -0.3 is 20.6 Å². The van der Waals surface area contributed by atoms with Crippen LogP contribution in [0.5, 0.6) is 5.75 Å². The van der Waals surface area contributed by atoms with Crippen molar-refractivity contribution in [2.24, 2.45) is 12.1 Å². The molecule has 2 N–H and O–H groups in total. The van der Waals surface area contributed by atoms with Crippen LogP contribution in [0.3, 0.4) is 0 Å². The van der Waals surface area contributed by atoms with Crippen molar-refractivity contribution in [3.05, 3.63) is 50.8 Å². The second kappa shape index (κ2) is 7.61. The number of phenolic OH excluding ortho intramolecular Hbond substituents is 1. The van der Waals surface area contributed by atoms with Crippen molar-refractivity contribution in [2.75, 3.05) is 0 Å². The molecular weight excluding hydrogens is 358 g/mol. The Morgan fingerprint density at radius 3 is 2.18 bits per heavy atom. The Bertz CT molecular complexity index is 867. The number of hydrogen-bond acceptors (Lipinski definition) is 6. The summed E-state index contributed by atoms with van der Waals surface area (Å²) in [6.07, 6.45) is 2.90. The average Bonchev–Trinajstić information content (AvgIpc) is 2.91. The van der Waals surface area contributed by atoms with Crippen molar-refractivity contribution in [2.45, 2.75) is 58.9 Å². The number of aromatic hydroxyl groups is 1. The maximum absolute atomic E-state index is 10.8. The van der Waals surface area contributed by atoms with E-state index in [0.29, 0.717) is 18.0 Å². The third-order valence-electron chi connectivity index (χ3n) is 4.52. The van der Waals surface area contributed by atoms with Gasteiger partial charge in [-0.25, -0.2) is 4.57 Å². The van der Waals surface area contributed by atoms with Gasteiger partial charge in [-0.2, -0.15) is 5.10 Å². The minimum atomic E-state index is -0.538. The van der Waals surface area contributed by atoms with Crippen molar-refractivity contribution < 1.29 is 10.0 Å². The molecule has 8 nitrogen and oxygen atoms in total. The summed E-state index contributed by atoms with van der Waals surface area (Å²) in [5.74, 6) is 0.110. The van der Waals surface area contributed by atoms with Gasteiger partial charge in [0.25, 0.3) is 0 Å². The molecule has 2 aromatic rings. The normalized spacial score (nSPS) is 12.5. The molecule has 0 fully saturated rings. The highest BCUT2D eigenvalue weighted by Crippen LogP contribution is 2.39. The van der Waals surface area contributed by atoms with Gasteiger partial charge in [0.1, 0.15) is 11.9 Å². The van der Waals surface area contributed by atoms with Crippen molar-refractivity contribution in [3.63, 3.8) is 0 Å². The molecule has 1 aromatic carbocycles. The van der Waals surface area contributed by atoms with Gasteiger partial charge in [0.2, 0.25) is 0 Å². The number of nitrogens with zero attached hydrogens (tertiary/aromatic N) is 4. The van der Waals surface area contributed by atoms with E-state index in [1.165, 1.54) is 17.0 Å². The molecule has 0 saturated heterocycles. The van der Waals surface area contributed by atoms with Crippen LogP contribution < -0.4 is 5.43 Å². The predicted molar refractivity (Wildman–Crippen MR) is 110 cm³/mol. The average molecular weight is 387 g/mol. The van der Waals surface area contributed by atoms with Gasteiger partial charge in [0, 0.05) is 0 Å². The monoisotopic (exact) mass is 387 g/mol. The van der Waals surface area contributed by atoms with E-state index >= 15 is 0 Å². The maximum atomic E-state index is 10.8. The largest absolute Gasteiger partial charge is 0.507 e. The standard InChI is InChI=1S/C20H29N5O3/c1-19(2,3)15-8-13(9-16(17(15)26)20(4,5)6)10-22-23-12-14-11-21-18(24(14)7)25(27)28/h8-9,11-12,22,26H,10H2,1-7H3/b23-12+. The van der Waals surface area contributed by atoms with Crippen LogP contribution in [0.15, 0.2) is 23.4 Å². The lowest BCUT2D eigenvalue weighted by Gasteiger charge is -2.28. The fraction of sp³-hybridized carbons (Fsp3) is 0.500. The zero-order valence-electron chi connectivity index (χ0n) is 17.6. The molecule has 152 valence electrons. The summed E-state index contributed by atoms with van der Waals surface area (Å²) >= 11 is 0. The van der Waals surface area contributed by atoms with Crippen LogP contribution in [0.25, 0.3) is 0 Å². The highest BCUT2D eigenvalue weighted by Gasteiger charge is 2.26. The van der Waals surface area contributed by atoms with Crippen LogP contribution in [0, 0.1) is 10.1 Å². The smallest absolute Gasteiger partial charge is 0.434 e. The summed E-state index contributed by atoms with van der Waals surface area (Å²) < 4.78 is 1.36. The number of aromatic nitrogens is 2. The number of nitrogens with one attached hydrogen (secondary N) is 1. The molecule has 0 aliphatic rings. The molecule has 28 heavy (non-hydrogen) atoms. The van der Waals surface area contributed by atoms with Crippen LogP contribution >= 0.6 is 0 Å². The topological polar surface area (TPSA) is 106 Å². The van der Waals surface area contributed by atoms with Crippen LogP contribution in [-0.2, 0) is 24.4 Å². The molecule has 8 heteroatoms. The fourth-order valence-electron chi connectivity index (χ4n) is 2.89. The Labute approximate surface area is 165 Å². The molecule has 1 aromatic heterocycles. The quantitative estimate of drug-likeness (QED) is 0.462. The number of imidazole rings is 1. The van der Waals surface area contributed by atoms with Gasteiger partial charge in [0.15, 0.2) is 5.69 Å². The van der Waals surface area contributed by atoms with Crippen LogP contribution in [0.1, 0.15) is 63.9 Å². The van der Waals surface area contributed by atoms with Crippen LogP contribution in [0.2, 0.25) is 0 Å². The van der Waals surface area contributed by atoms with Gasteiger partial charge in [-0.15, -0.1) is 0 Å². The second-order valence-electron chi connectivity index (χ2n) is 8.93. The van der Waals surface area contributed by atoms with Crippen LogP contribution in [-0.4, -0.2) is 25.8 Å². The maximum Gasteiger partial charge on any atom is 0.434 e. The molecule has 0 unspecified atom stereocenters. The molecule has 1 heterocycles. The zero-order valence-corrected chi connectivity index (χ0v) is 17.6. The molecule has 0 radical (unpaired) electrons. The predicted octanol–water partition coefficient (Wildman–Crippen LogP) is 3.75. The number of rotatable bonds is 5. The van der Waals surface area contributed by atoms with E-state index in [1.807, 2.05) is 12.1 Å². The number of nitro groups is 1. The first kappa shape index (κ1) is 21.4. The number of benzene rings is 1. The molecule has 0 saturated carbocycles. The first-order valence-electron chi connectivity index (χ1n) is 9.11. The lowest BCUT2D eigenvalue weighted by molar-refractivity contribution is -0.396. The molecule has 0 spiro atoms. The Balaban J connectivity index is 2.23. The number of hydrogen-bond donors (Lipinski definition) is 2. The highest BCUT2D eigenvalue weighted by atomic mass is 16.6. The minimum absolute atomic E-state index is 0.197. The Kier molecular flexibility index (Phi) is 5.82. The van der Waals surface area contributed by atoms with E-state index in [-0.39, 0.29) is 16.8 Å². The van der Waals surface area contributed by atoms with Crippen molar-refractivity contribution >= 4 is 12.2 Å². The number of hydrazone groups is 1. The minimum Gasteiger partial charge on any atom is -0.507 e. The Morgan fingerprint density at radius 1 is 1.21 bits per heavy atom. The molecule has 0 aliphatic heterocycles. The van der Waals surface area contributed by atoms with E-state index in [0.717, 1.165) is 16.7 Å². The summed E-state index contributed by atoms with van der Waals surface area (Å²) in [4.78, 5) is 14.1. The molecule has 2 rings (SSSR count). The highest BCUT2D eigenvalue weighted by molar-refractivity contribution is 5.77. The van der Waals surface area contributed by atoms with E-state index in [9.17, 15) is 15.2 Å². The Morgan fingerprint density at radius 2 is 1.75 bits per heavy atom.